The van der Waals surface area contributed by atoms with Crippen molar-refractivity contribution < 1.29 is 18.0 Å². The molecule has 0 aliphatic carbocycles. The zero-order valence-electron chi connectivity index (χ0n) is 20.4. The van der Waals surface area contributed by atoms with Gasteiger partial charge >= 0.3 is 0 Å². The molecule has 1 atom stereocenters. The minimum Gasteiger partial charge on any atom is -0.369 e. The SMILES string of the molecule is CC(=O)N1CC=C(c2cc3c(=N[C@H](C)c4cccc(C(F)F)c4F)nc(C)nc-3n3c2NCC3)CC1. The lowest BCUT2D eigenvalue weighted by molar-refractivity contribution is -0.128. The average Bonchev–Trinajstić information content (AvgIpc) is 3.34. The Balaban J connectivity index is 1.65. The second kappa shape index (κ2) is 9.40. The van der Waals surface area contributed by atoms with Gasteiger partial charge in [-0.1, -0.05) is 24.3 Å². The molecule has 0 aromatic heterocycles. The summed E-state index contributed by atoms with van der Waals surface area (Å²) in [6, 6.07) is 5.23. The van der Waals surface area contributed by atoms with Crippen LogP contribution < -0.4 is 10.8 Å². The van der Waals surface area contributed by atoms with Gasteiger partial charge in [0.05, 0.1) is 17.2 Å². The van der Waals surface area contributed by atoms with Crippen LogP contribution in [-0.2, 0) is 11.3 Å². The predicted octanol–water partition coefficient (Wildman–Crippen LogP) is 4.49. The Kier molecular flexibility index (Phi) is 6.27. The number of alkyl halides is 2. The molecule has 5 rings (SSSR count). The first kappa shape index (κ1) is 24.0. The molecule has 0 radical (unpaired) electrons. The van der Waals surface area contributed by atoms with Gasteiger partial charge in [-0.15, -0.1) is 0 Å². The molecule has 4 heterocycles. The fourth-order valence-electron chi connectivity index (χ4n) is 4.90. The van der Waals surface area contributed by atoms with Crippen LogP contribution in [0.5, 0.6) is 0 Å². The number of hydrogen-bond donors (Lipinski definition) is 1. The van der Waals surface area contributed by atoms with Crippen LogP contribution in [0.3, 0.4) is 0 Å². The number of nitrogens with zero attached hydrogens (tertiary/aromatic N) is 5. The number of carbonyl (C=O) groups excluding carboxylic acids is 1. The monoisotopic (exact) mass is 496 g/mol. The van der Waals surface area contributed by atoms with Crippen LogP contribution >= 0.6 is 0 Å². The van der Waals surface area contributed by atoms with Crippen molar-refractivity contribution in [1.82, 2.24) is 19.4 Å². The van der Waals surface area contributed by atoms with Gasteiger partial charge in [-0.05, 0) is 31.9 Å². The summed E-state index contributed by atoms with van der Waals surface area (Å²) in [5.41, 5.74) is 2.65. The minimum atomic E-state index is -2.91. The number of amides is 1. The average molecular weight is 497 g/mol. The quantitative estimate of drug-likeness (QED) is 0.578. The number of anilines is 1. The maximum atomic E-state index is 14.8. The summed E-state index contributed by atoms with van der Waals surface area (Å²) in [6.45, 7) is 7.64. The van der Waals surface area contributed by atoms with E-state index < -0.39 is 23.8 Å². The summed E-state index contributed by atoms with van der Waals surface area (Å²) in [6.07, 6.45) is -0.135. The van der Waals surface area contributed by atoms with Gasteiger partial charge < -0.3 is 14.8 Å². The topological polar surface area (TPSA) is 75.4 Å². The zero-order chi connectivity index (χ0) is 25.6. The van der Waals surface area contributed by atoms with Crippen molar-refractivity contribution >= 4 is 17.3 Å². The second-order valence-corrected chi connectivity index (χ2v) is 9.12. The zero-order valence-corrected chi connectivity index (χ0v) is 20.4. The van der Waals surface area contributed by atoms with E-state index >= 15 is 0 Å². The summed E-state index contributed by atoms with van der Waals surface area (Å²) in [7, 11) is 0. The van der Waals surface area contributed by atoms with Gasteiger partial charge in [0.25, 0.3) is 6.43 Å². The van der Waals surface area contributed by atoms with Crippen molar-refractivity contribution in [2.45, 2.75) is 46.2 Å². The van der Waals surface area contributed by atoms with E-state index in [0.29, 0.717) is 48.8 Å². The van der Waals surface area contributed by atoms with E-state index in [2.05, 4.69) is 30.9 Å². The molecule has 7 nitrogen and oxygen atoms in total. The first-order valence-corrected chi connectivity index (χ1v) is 12.0. The summed E-state index contributed by atoms with van der Waals surface area (Å²) in [5, 5.41) is 3.45. The number of carbonyl (C=O) groups is 1. The molecule has 0 unspecified atom stereocenters. The third-order valence-corrected chi connectivity index (χ3v) is 6.77. The molecule has 4 aliphatic rings. The summed E-state index contributed by atoms with van der Waals surface area (Å²) in [4.78, 5) is 27.5. The molecule has 36 heavy (non-hydrogen) atoms. The lowest BCUT2D eigenvalue weighted by Crippen LogP contribution is -2.32. The van der Waals surface area contributed by atoms with Crippen molar-refractivity contribution in [3.8, 4) is 11.4 Å². The Labute approximate surface area is 206 Å². The molecule has 0 bridgehead atoms. The highest BCUT2D eigenvalue weighted by molar-refractivity contribution is 5.82. The van der Waals surface area contributed by atoms with Crippen LogP contribution in [0, 0.1) is 12.7 Å². The van der Waals surface area contributed by atoms with Gasteiger partial charge in [-0.2, -0.15) is 0 Å². The number of aryl methyl sites for hydroxylation is 1. The fraction of sp³-hybridized carbons (Fsp3) is 0.385. The van der Waals surface area contributed by atoms with Gasteiger partial charge in [-0.3, -0.25) is 9.79 Å². The Bertz CT molecular complexity index is 1410. The Morgan fingerprint density at radius 2 is 1.94 bits per heavy atom. The van der Waals surface area contributed by atoms with Crippen LogP contribution in [0.15, 0.2) is 35.3 Å². The number of halogens is 3. The van der Waals surface area contributed by atoms with E-state index in [9.17, 15) is 18.0 Å². The Morgan fingerprint density at radius 3 is 2.64 bits per heavy atom. The lowest BCUT2D eigenvalue weighted by atomic mass is 9.97. The minimum absolute atomic E-state index is 0.0450. The van der Waals surface area contributed by atoms with Gasteiger partial charge in [0, 0.05) is 44.2 Å². The smallest absolute Gasteiger partial charge is 0.266 e. The third-order valence-electron chi connectivity index (χ3n) is 6.77. The van der Waals surface area contributed by atoms with Crippen molar-refractivity contribution in [3.63, 3.8) is 0 Å². The number of aromatic nitrogens is 3. The highest BCUT2D eigenvalue weighted by Crippen LogP contribution is 2.36. The molecule has 1 amide bonds. The molecule has 0 fully saturated rings. The number of nitrogens with one attached hydrogen (secondary N) is 1. The Morgan fingerprint density at radius 1 is 1.17 bits per heavy atom. The molecular weight excluding hydrogens is 469 g/mol. The number of pyridine rings is 1. The summed E-state index contributed by atoms with van der Waals surface area (Å²) < 4.78 is 43.4. The second-order valence-electron chi connectivity index (χ2n) is 9.12. The molecule has 188 valence electrons. The van der Waals surface area contributed by atoms with Crippen LogP contribution in [0.4, 0.5) is 19.0 Å². The highest BCUT2D eigenvalue weighted by atomic mass is 19.3. The maximum Gasteiger partial charge on any atom is 0.266 e. The molecule has 0 saturated heterocycles. The van der Waals surface area contributed by atoms with Crippen LogP contribution in [0.25, 0.3) is 17.0 Å². The first-order chi connectivity index (χ1) is 17.2. The van der Waals surface area contributed by atoms with Gasteiger partial charge in [-0.25, -0.2) is 23.1 Å². The third kappa shape index (κ3) is 4.25. The molecule has 0 spiro atoms. The molecular formula is C26H27F3N6O. The Hall–Kier alpha value is -3.69. The molecule has 1 N–H and O–H groups in total. The van der Waals surface area contributed by atoms with Crippen LogP contribution in [0.1, 0.15) is 55.3 Å². The summed E-state index contributed by atoms with van der Waals surface area (Å²) >= 11 is 0. The van der Waals surface area contributed by atoms with Crippen molar-refractivity contribution in [2.24, 2.45) is 4.99 Å². The number of benzene rings is 1. The number of fused-ring (bicyclic) bond motifs is 3. The largest absolute Gasteiger partial charge is 0.369 e. The highest BCUT2D eigenvalue weighted by Gasteiger charge is 2.26. The molecule has 10 heteroatoms. The van der Waals surface area contributed by atoms with Gasteiger partial charge in [0.2, 0.25) is 5.91 Å². The van der Waals surface area contributed by atoms with Crippen molar-refractivity contribution in [3.05, 3.63) is 64.2 Å². The van der Waals surface area contributed by atoms with E-state index in [-0.39, 0.29) is 11.5 Å². The van der Waals surface area contributed by atoms with Crippen molar-refractivity contribution in [1.29, 1.82) is 0 Å². The lowest BCUT2D eigenvalue weighted by Gasteiger charge is -2.27. The van der Waals surface area contributed by atoms with Crippen molar-refractivity contribution in [2.75, 3.05) is 25.0 Å². The predicted molar refractivity (Wildman–Crippen MR) is 130 cm³/mol. The van der Waals surface area contributed by atoms with E-state index in [0.717, 1.165) is 29.6 Å². The molecule has 1 aromatic rings. The van der Waals surface area contributed by atoms with E-state index in [1.165, 1.54) is 12.1 Å². The van der Waals surface area contributed by atoms with Gasteiger partial charge in [0.1, 0.15) is 23.3 Å². The molecule has 1 aromatic carbocycles. The van der Waals surface area contributed by atoms with Gasteiger partial charge in [0.15, 0.2) is 5.49 Å². The van der Waals surface area contributed by atoms with E-state index in [1.54, 1.807) is 25.7 Å². The summed E-state index contributed by atoms with van der Waals surface area (Å²) in [5.74, 6) is 1.28. The normalized spacial score (nSPS) is 16.8. The first-order valence-electron chi connectivity index (χ1n) is 12.0. The molecule has 0 saturated carbocycles. The van der Waals surface area contributed by atoms with Crippen LogP contribution in [0.2, 0.25) is 0 Å². The van der Waals surface area contributed by atoms with Crippen LogP contribution in [-0.4, -0.2) is 45.0 Å². The fourth-order valence-corrected chi connectivity index (χ4v) is 4.90. The van der Waals surface area contributed by atoms with E-state index in [4.69, 9.17) is 0 Å². The van der Waals surface area contributed by atoms with E-state index in [1.807, 2.05) is 6.07 Å². The standard InChI is InChI=1S/C26H27F3N6O/c1-14(18-5-4-6-19(22(18)27)23(28)29)31-24-21-13-20(17-7-10-34(11-8-17)16(3)36)25-30-9-12-35(25)26(21)33-15(2)32-24/h4-7,13-14,23,30H,8-12H2,1-3H3/t14-/m1/s1. The number of rotatable bonds is 4. The molecule has 4 aliphatic heterocycles. The maximum absolute atomic E-state index is 14.8. The number of hydrogen-bond acceptors (Lipinski definition) is 5.